The lowest BCUT2D eigenvalue weighted by molar-refractivity contribution is 0.103. The van der Waals surface area contributed by atoms with Gasteiger partial charge in [-0.3, -0.25) is 4.79 Å². The Morgan fingerprint density at radius 3 is 2.48 bits per heavy atom. The Labute approximate surface area is 158 Å². The zero-order valence-electron chi connectivity index (χ0n) is 13.9. The molecule has 25 heavy (non-hydrogen) atoms. The van der Waals surface area contributed by atoms with E-state index in [9.17, 15) is 4.79 Å². The smallest absolute Gasteiger partial charge is 0.195 e. The van der Waals surface area contributed by atoms with Gasteiger partial charge in [-0.25, -0.2) is 0 Å². The van der Waals surface area contributed by atoms with Crippen molar-refractivity contribution in [3.8, 4) is 0 Å². The predicted molar refractivity (Wildman–Crippen MR) is 108 cm³/mol. The number of rotatable bonds is 4. The fourth-order valence-corrected chi connectivity index (χ4v) is 3.60. The molecule has 0 bridgehead atoms. The number of thiocarbonyl (C=S) groups is 1. The van der Waals surface area contributed by atoms with Crippen LogP contribution in [-0.2, 0) is 0 Å². The summed E-state index contributed by atoms with van der Waals surface area (Å²) in [6.07, 6.45) is 6.04. The van der Waals surface area contributed by atoms with Crippen molar-refractivity contribution in [3.63, 3.8) is 0 Å². The summed E-state index contributed by atoms with van der Waals surface area (Å²) < 4.78 is 0. The van der Waals surface area contributed by atoms with E-state index in [1.165, 1.54) is 19.3 Å². The van der Waals surface area contributed by atoms with Crippen LogP contribution in [0, 0.1) is 0 Å². The molecule has 0 aromatic heterocycles. The highest BCUT2D eigenvalue weighted by molar-refractivity contribution is 7.80. The van der Waals surface area contributed by atoms with Crippen LogP contribution >= 0.6 is 23.8 Å². The van der Waals surface area contributed by atoms with E-state index in [4.69, 9.17) is 23.8 Å². The molecule has 1 aliphatic carbocycles. The Bertz CT molecular complexity index is 758. The van der Waals surface area contributed by atoms with Gasteiger partial charge < -0.3 is 10.6 Å². The number of nitrogens with one attached hydrogen (secondary N) is 2. The summed E-state index contributed by atoms with van der Waals surface area (Å²) in [5, 5.41) is 7.62. The Morgan fingerprint density at radius 1 is 1.04 bits per heavy atom. The van der Waals surface area contributed by atoms with E-state index >= 15 is 0 Å². The van der Waals surface area contributed by atoms with Gasteiger partial charge in [0.2, 0.25) is 0 Å². The van der Waals surface area contributed by atoms with E-state index in [1.807, 2.05) is 18.2 Å². The second-order valence-electron chi connectivity index (χ2n) is 6.32. The van der Waals surface area contributed by atoms with Crippen LogP contribution in [0.4, 0.5) is 5.69 Å². The van der Waals surface area contributed by atoms with Gasteiger partial charge >= 0.3 is 0 Å². The molecule has 2 N–H and O–H groups in total. The first kappa shape index (κ1) is 17.9. The van der Waals surface area contributed by atoms with Crippen LogP contribution in [0.3, 0.4) is 0 Å². The van der Waals surface area contributed by atoms with E-state index in [-0.39, 0.29) is 5.78 Å². The minimum Gasteiger partial charge on any atom is -0.360 e. The minimum absolute atomic E-state index is 0.0777. The first-order valence-electron chi connectivity index (χ1n) is 8.60. The van der Waals surface area contributed by atoms with Crippen molar-refractivity contribution in [1.29, 1.82) is 0 Å². The molecule has 0 radical (unpaired) electrons. The average Bonchev–Trinajstić information content (AvgIpc) is 2.64. The van der Waals surface area contributed by atoms with Crippen molar-refractivity contribution in [3.05, 3.63) is 64.7 Å². The number of carbonyl (C=O) groups excluding carboxylic acids is 1. The van der Waals surface area contributed by atoms with Crippen LogP contribution in [0.1, 0.15) is 48.0 Å². The van der Waals surface area contributed by atoms with Crippen LogP contribution in [0.5, 0.6) is 0 Å². The summed E-state index contributed by atoms with van der Waals surface area (Å²) in [4.78, 5) is 12.8. The molecule has 0 saturated heterocycles. The average molecular weight is 373 g/mol. The van der Waals surface area contributed by atoms with E-state index in [2.05, 4.69) is 10.6 Å². The highest BCUT2D eigenvalue weighted by atomic mass is 35.5. The summed E-state index contributed by atoms with van der Waals surface area (Å²) in [6.45, 7) is 0. The fraction of sp³-hybridized carbons (Fsp3) is 0.300. The zero-order valence-corrected chi connectivity index (χ0v) is 15.5. The molecule has 3 nitrogen and oxygen atoms in total. The highest BCUT2D eigenvalue weighted by Gasteiger charge is 2.17. The Kier molecular flexibility index (Phi) is 6.05. The lowest BCUT2D eigenvalue weighted by Crippen LogP contribution is -2.39. The van der Waals surface area contributed by atoms with Gasteiger partial charge in [0.05, 0.1) is 5.69 Å². The molecule has 2 aromatic rings. The molecule has 0 spiro atoms. The van der Waals surface area contributed by atoms with Crippen molar-refractivity contribution in [2.45, 2.75) is 38.1 Å². The van der Waals surface area contributed by atoms with Gasteiger partial charge in [-0.1, -0.05) is 61.2 Å². The maximum absolute atomic E-state index is 12.8. The van der Waals surface area contributed by atoms with Crippen LogP contribution in [0.15, 0.2) is 48.5 Å². The SMILES string of the molecule is O=C(c1ccccc1)c1cc(Cl)ccc1NC(=S)NC1CCCCC1. The van der Waals surface area contributed by atoms with Gasteiger partial charge in [-0.05, 0) is 43.3 Å². The lowest BCUT2D eigenvalue weighted by atomic mass is 9.96. The normalized spacial score (nSPS) is 14.8. The standard InChI is InChI=1S/C20H21ClN2OS/c21-15-11-12-18(23-20(25)22-16-9-5-2-6-10-16)17(13-15)19(24)14-7-3-1-4-8-14/h1,3-4,7-8,11-13,16H,2,5-6,9-10H2,(H2,22,23,25). The number of hydrogen-bond acceptors (Lipinski definition) is 2. The number of hydrogen-bond donors (Lipinski definition) is 2. The van der Waals surface area contributed by atoms with E-state index in [1.54, 1.807) is 30.3 Å². The molecule has 130 valence electrons. The van der Waals surface area contributed by atoms with Gasteiger partial charge in [0.25, 0.3) is 0 Å². The van der Waals surface area contributed by atoms with Crippen molar-refractivity contribution in [2.24, 2.45) is 0 Å². The topological polar surface area (TPSA) is 41.1 Å². The van der Waals surface area contributed by atoms with Gasteiger partial charge in [0.15, 0.2) is 10.9 Å². The number of halogens is 1. The van der Waals surface area contributed by atoms with E-state index in [0.29, 0.717) is 33.0 Å². The predicted octanol–water partition coefficient (Wildman–Crippen LogP) is 5.19. The molecule has 0 amide bonds. The second-order valence-corrected chi connectivity index (χ2v) is 7.16. The molecule has 1 aliphatic rings. The quantitative estimate of drug-likeness (QED) is 0.572. The monoisotopic (exact) mass is 372 g/mol. The molecule has 1 fully saturated rings. The summed E-state index contributed by atoms with van der Waals surface area (Å²) >= 11 is 11.6. The Morgan fingerprint density at radius 2 is 1.76 bits per heavy atom. The van der Waals surface area contributed by atoms with Gasteiger partial charge in [0, 0.05) is 22.2 Å². The molecular weight excluding hydrogens is 352 g/mol. The Balaban J connectivity index is 1.77. The van der Waals surface area contributed by atoms with Gasteiger partial charge in [-0.15, -0.1) is 0 Å². The summed E-state index contributed by atoms with van der Waals surface area (Å²) in [6, 6.07) is 14.8. The maximum atomic E-state index is 12.8. The minimum atomic E-state index is -0.0777. The summed E-state index contributed by atoms with van der Waals surface area (Å²) in [5.74, 6) is -0.0777. The molecule has 0 heterocycles. The zero-order chi connectivity index (χ0) is 17.6. The largest absolute Gasteiger partial charge is 0.360 e. The number of ketones is 1. The van der Waals surface area contributed by atoms with Crippen LogP contribution in [-0.4, -0.2) is 16.9 Å². The van der Waals surface area contributed by atoms with Crippen LogP contribution < -0.4 is 10.6 Å². The van der Waals surface area contributed by atoms with Gasteiger partial charge in [0.1, 0.15) is 0 Å². The number of benzene rings is 2. The Hall–Kier alpha value is -1.91. The van der Waals surface area contributed by atoms with E-state index in [0.717, 1.165) is 12.8 Å². The molecule has 2 aromatic carbocycles. The van der Waals surface area contributed by atoms with Crippen molar-refractivity contribution < 1.29 is 4.79 Å². The lowest BCUT2D eigenvalue weighted by Gasteiger charge is -2.24. The molecule has 5 heteroatoms. The first-order chi connectivity index (χ1) is 12.1. The summed E-state index contributed by atoms with van der Waals surface area (Å²) in [7, 11) is 0. The van der Waals surface area contributed by atoms with Crippen LogP contribution in [0.25, 0.3) is 0 Å². The molecular formula is C20H21ClN2OS. The highest BCUT2D eigenvalue weighted by Crippen LogP contribution is 2.24. The third-order valence-electron chi connectivity index (χ3n) is 4.45. The number of carbonyl (C=O) groups is 1. The molecule has 0 atom stereocenters. The molecule has 3 rings (SSSR count). The molecule has 0 unspecified atom stereocenters. The third kappa shape index (κ3) is 4.80. The van der Waals surface area contributed by atoms with Crippen LogP contribution in [0.2, 0.25) is 5.02 Å². The van der Waals surface area contributed by atoms with Crippen molar-refractivity contribution >= 4 is 40.4 Å². The number of anilines is 1. The summed E-state index contributed by atoms with van der Waals surface area (Å²) in [5.41, 5.74) is 1.82. The van der Waals surface area contributed by atoms with Crippen molar-refractivity contribution in [2.75, 3.05) is 5.32 Å². The third-order valence-corrected chi connectivity index (χ3v) is 4.91. The second kappa shape index (κ2) is 8.45. The maximum Gasteiger partial charge on any atom is 0.195 e. The van der Waals surface area contributed by atoms with E-state index < -0.39 is 0 Å². The van der Waals surface area contributed by atoms with Gasteiger partial charge in [-0.2, -0.15) is 0 Å². The first-order valence-corrected chi connectivity index (χ1v) is 9.39. The van der Waals surface area contributed by atoms with Crippen molar-refractivity contribution in [1.82, 2.24) is 5.32 Å². The fourth-order valence-electron chi connectivity index (χ4n) is 3.15. The molecule has 0 aliphatic heterocycles. The molecule has 1 saturated carbocycles.